The predicted octanol–water partition coefficient (Wildman–Crippen LogP) is -0.598. The van der Waals surface area contributed by atoms with Crippen LogP contribution in [0, 0.1) is 0 Å². The molecule has 0 saturated carbocycles. The number of nitrogens with one attached hydrogen (secondary N) is 1. The average molecular weight is 208 g/mol. The summed E-state index contributed by atoms with van der Waals surface area (Å²) >= 11 is 0. The van der Waals surface area contributed by atoms with Crippen LogP contribution in [0.1, 0.15) is 13.8 Å². The second-order valence-corrected chi connectivity index (χ2v) is 5.01. The number of rotatable bonds is 4. The third kappa shape index (κ3) is 4.23. The Hall–Kier alpha value is -0.620. The topological polar surface area (TPSA) is 66.5 Å². The minimum absolute atomic E-state index is 0.118. The van der Waals surface area contributed by atoms with Gasteiger partial charge in [-0.1, -0.05) is 0 Å². The van der Waals surface area contributed by atoms with E-state index in [-0.39, 0.29) is 18.5 Å². The third-order valence-electron chi connectivity index (χ3n) is 1.58. The first-order valence-corrected chi connectivity index (χ1v) is 5.81. The molecule has 0 aliphatic heterocycles. The molecular weight excluding hydrogens is 192 g/mol. The largest absolute Gasteiger partial charge is 0.358 e. The number of nitrogens with zero attached hydrogens (tertiary/aromatic N) is 1. The average Bonchev–Trinajstić information content (AvgIpc) is 1.96. The fourth-order valence-electron chi connectivity index (χ4n) is 0.903. The Labute approximate surface area is 79.2 Å². The van der Waals surface area contributed by atoms with Crippen LogP contribution < -0.4 is 5.32 Å². The van der Waals surface area contributed by atoms with Crippen LogP contribution in [0.3, 0.4) is 0 Å². The van der Waals surface area contributed by atoms with E-state index >= 15 is 0 Å². The van der Waals surface area contributed by atoms with Crippen molar-refractivity contribution in [2.24, 2.45) is 0 Å². The van der Waals surface area contributed by atoms with Crippen LogP contribution in [0.15, 0.2) is 0 Å². The first kappa shape index (κ1) is 12.4. The first-order valence-electron chi connectivity index (χ1n) is 3.96. The zero-order valence-corrected chi connectivity index (χ0v) is 9.18. The summed E-state index contributed by atoms with van der Waals surface area (Å²) in [5.41, 5.74) is 0. The minimum Gasteiger partial charge on any atom is -0.358 e. The molecule has 0 fully saturated rings. The fraction of sp³-hybridized carbons (Fsp3) is 0.857. The summed E-state index contributed by atoms with van der Waals surface area (Å²) in [5, 5.41) is 2.38. The van der Waals surface area contributed by atoms with Crippen LogP contribution in [-0.4, -0.2) is 44.5 Å². The first-order chi connectivity index (χ1) is 5.79. The molecule has 0 unspecified atom stereocenters. The molecule has 0 aliphatic carbocycles. The maximum absolute atomic E-state index is 11.2. The Morgan fingerprint density at radius 3 is 2.15 bits per heavy atom. The van der Waals surface area contributed by atoms with Crippen molar-refractivity contribution < 1.29 is 13.2 Å². The molecule has 0 aromatic rings. The second-order valence-electron chi connectivity index (χ2n) is 3.08. The molecule has 0 aliphatic rings. The van der Waals surface area contributed by atoms with E-state index in [1.807, 2.05) is 0 Å². The van der Waals surface area contributed by atoms with E-state index in [0.717, 1.165) is 10.6 Å². The predicted molar refractivity (Wildman–Crippen MR) is 50.8 cm³/mol. The molecular formula is C7H16N2O3S. The Kier molecular flexibility index (Phi) is 4.35. The maximum Gasteiger partial charge on any atom is 0.235 e. The molecule has 0 aromatic carbocycles. The summed E-state index contributed by atoms with van der Waals surface area (Å²) in [5.74, 6) is -0.306. The van der Waals surface area contributed by atoms with Gasteiger partial charge in [0.25, 0.3) is 0 Å². The highest BCUT2D eigenvalue weighted by Gasteiger charge is 2.22. The SMILES string of the molecule is CNC(=O)CN(C(C)C)S(C)(=O)=O. The van der Waals surface area contributed by atoms with E-state index in [2.05, 4.69) is 5.32 Å². The van der Waals surface area contributed by atoms with Gasteiger partial charge in [-0.3, -0.25) is 4.79 Å². The summed E-state index contributed by atoms with van der Waals surface area (Å²) in [7, 11) is -1.82. The van der Waals surface area contributed by atoms with Crippen LogP contribution in [0.2, 0.25) is 0 Å². The zero-order valence-electron chi connectivity index (χ0n) is 8.36. The van der Waals surface area contributed by atoms with Crippen molar-refractivity contribution in [2.45, 2.75) is 19.9 Å². The van der Waals surface area contributed by atoms with Gasteiger partial charge in [-0.05, 0) is 13.8 Å². The summed E-state index contributed by atoms with van der Waals surface area (Å²) < 4.78 is 23.5. The van der Waals surface area contributed by atoms with Gasteiger partial charge in [-0.25, -0.2) is 8.42 Å². The van der Waals surface area contributed by atoms with E-state index in [1.165, 1.54) is 7.05 Å². The van der Waals surface area contributed by atoms with Crippen molar-refractivity contribution >= 4 is 15.9 Å². The van der Waals surface area contributed by atoms with Crippen LogP contribution >= 0.6 is 0 Å². The van der Waals surface area contributed by atoms with E-state index in [9.17, 15) is 13.2 Å². The Morgan fingerprint density at radius 2 is 1.92 bits per heavy atom. The van der Waals surface area contributed by atoms with Crippen LogP contribution in [0.25, 0.3) is 0 Å². The molecule has 0 saturated heterocycles. The molecule has 0 radical (unpaired) electrons. The third-order valence-corrected chi connectivity index (χ3v) is 2.98. The van der Waals surface area contributed by atoms with Crippen molar-refractivity contribution in [3.8, 4) is 0 Å². The molecule has 5 nitrogen and oxygen atoms in total. The molecule has 0 bridgehead atoms. The zero-order chi connectivity index (χ0) is 10.6. The highest BCUT2D eigenvalue weighted by Crippen LogP contribution is 2.03. The van der Waals surface area contributed by atoms with E-state index < -0.39 is 10.0 Å². The van der Waals surface area contributed by atoms with Crippen LogP contribution in [0.5, 0.6) is 0 Å². The molecule has 1 N–H and O–H groups in total. The highest BCUT2D eigenvalue weighted by molar-refractivity contribution is 7.88. The van der Waals surface area contributed by atoms with Gasteiger partial charge in [0.1, 0.15) is 0 Å². The number of hydrogen-bond acceptors (Lipinski definition) is 3. The van der Waals surface area contributed by atoms with Gasteiger partial charge in [-0.2, -0.15) is 4.31 Å². The molecule has 6 heteroatoms. The van der Waals surface area contributed by atoms with Gasteiger partial charge in [-0.15, -0.1) is 0 Å². The van der Waals surface area contributed by atoms with Crippen LogP contribution in [-0.2, 0) is 14.8 Å². The van der Waals surface area contributed by atoms with Gasteiger partial charge in [0.05, 0.1) is 12.8 Å². The van der Waals surface area contributed by atoms with Gasteiger partial charge < -0.3 is 5.32 Å². The minimum atomic E-state index is -3.30. The Balaban J connectivity index is 4.56. The second kappa shape index (κ2) is 4.57. The van der Waals surface area contributed by atoms with Crippen LogP contribution in [0.4, 0.5) is 0 Å². The van der Waals surface area contributed by atoms with Gasteiger partial charge in [0.15, 0.2) is 0 Å². The number of carbonyl (C=O) groups is 1. The van der Waals surface area contributed by atoms with Crippen molar-refractivity contribution in [1.29, 1.82) is 0 Å². The number of sulfonamides is 1. The number of carbonyl (C=O) groups excluding carboxylic acids is 1. The van der Waals surface area contributed by atoms with Crippen molar-refractivity contribution in [3.63, 3.8) is 0 Å². The summed E-state index contributed by atoms with van der Waals surface area (Å²) in [6.07, 6.45) is 1.09. The van der Waals surface area contributed by atoms with Gasteiger partial charge >= 0.3 is 0 Å². The summed E-state index contributed by atoms with van der Waals surface area (Å²) in [6.45, 7) is 3.33. The lowest BCUT2D eigenvalue weighted by Crippen LogP contribution is -2.42. The number of hydrogen-bond donors (Lipinski definition) is 1. The van der Waals surface area contributed by atoms with Gasteiger partial charge in [0.2, 0.25) is 15.9 Å². The van der Waals surface area contributed by atoms with Crippen molar-refractivity contribution in [1.82, 2.24) is 9.62 Å². The number of amides is 1. The van der Waals surface area contributed by atoms with E-state index in [1.54, 1.807) is 13.8 Å². The fourth-order valence-corrected chi connectivity index (χ4v) is 2.02. The molecule has 0 atom stereocenters. The van der Waals surface area contributed by atoms with Crippen molar-refractivity contribution in [2.75, 3.05) is 19.8 Å². The molecule has 78 valence electrons. The summed E-state index contributed by atoms with van der Waals surface area (Å²) in [6, 6.07) is -0.202. The highest BCUT2D eigenvalue weighted by atomic mass is 32.2. The Bertz CT molecular complexity index is 271. The normalized spacial score (nSPS) is 12.2. The molecule has 0 rings (SSSR count). The lowest BCUT2D eigenvalue weighted by molar-refractivity contribution is -0.121. The lowest BCUT2D eigenvalue weighted by Gasteiger charge is -2.22. The Morgan fingerprint density at radius 1 is 1.46 bits per heavy atom. The van der Waals surface area contributed by atoms with Crippen molar-refractivity contribution in [3.05, 3.63) is 0 Å². The summed E-state index contributed by atoms with van der Waals surface area (Å²) in [4.78, 5) is 11.0. The molecule has 0 heterocycles. The van der Waals surface area contributed by atoms with E-state index in [4.69, 9.17) is 0 Å². The maximum atomic E-state index is 11.2. The van der Waals surface area contributed by atoms with Gasteiger partial charge in [0, 0.05) is 13.1 Å². The molecule has 0 spiro atoms. The quantitative estimate of drug-likeness (QED) is 0.671. The number of likely N-dealkylation sites (N-methyl/N-ethyl adjacent to an activating group) is 1. The smallest absolute Gasteiger partial charge is 0.235 e. The molecule has 1 amide bonds. The monoisotopic (exact) mass is 208 g/mol. The standard InChI is InChI=1S/C7H16N2O3S/c1-6(2)9(13(4,11)12)5-7(10)8-3/h6H,5H2,1-4H3,(H,8,10). The lowest BCUT2D eigenvalue weighted by atomic mass is 10.4. The molecule has 13 heavy (non-hydrogen) atoms. The molecule has 0 aromatic heterocycles. The van der Waals surface area contributed by atoms with E-state index in [0.29, 0.717) is 0 Å².